The first-order valence-electron chi connectivity index (χ1n) is 8.62. The lowest BCUT2D eigenvalue weighted by molar-refractivity contribution is -0.131. The van der Waals surface area contributed by atoms with E-state index in [1.165, 1.54) is 37.1 Å². The normalized spacial score (nSPS) is 21.4. The first-order chi connectivity index (χ1) is 11.5. The first-order valence-corrected chi connectivity index (χ1v) is 8.62. The Balaban J connectivity index is 1.42. The first kappa shape index (κ1) is 16.7. The summed E-state index contributed by atoms with van der Waals surface area (Å²) in [4.78, 5) is 26.1. The summed E-state index contributed by atoms with van der Waals surface area (Å²) in [6, 6.07) is 5.26. The van der Waals surface area contributed by atoms with Crippen molar-refractivity contribution in [2.24, 2.45) is 11.8 Å². The molecule has 1 saturated carbocycles. The maximum Gasteiger partial charge on any atom is 0.319 e. The van der Waals surface area contributed by atoms with E-state index in [2.05, 4.69) is 17.6 Å². The fourth-order valence-corrected chi connectivity index (χ4v) is 3.23. The van der Waals surface area contributed by atoms with E-state index in [1.807, 2.05) is 4.90 Å². The third-order valence-electron chi connectivity index (χ3n) is 4.90. The molecule has 1 heterocycles. The Bertz CT molecular complexity index is 601. The fraction of sp³-hybridized carbons (Fsp3) is 0.556. The van der Waals surface area contributed by atoms with Crippen LogP contribution < -0.4 is 10.6 Å². The van der Waals surface area contributed by atoms with Crippen LogP contribution in [-0.4, -0.2) is 36.0 Å². The van der Waals surface area contributed by atoms with E-state index in [4.69, 9.17) is 0 Å². The van der Waals surface area contributed by atoms with Crippen molar-refractivity contribution in [1.82, 2.24) is 10.2 Å². The average molecular weight is 333 g/mol. The molecule has 24 heavy (non-hydrogen) atoms. The number of carbonyl (C=O) groups excluding carboxylic acids is 2. The van der Waals surface area contributed by atoms with Crippen molar-refractivity contribution in [2.45, 2.75) is 38.6 Å². The minimum Gasteiger partial charge on any atom is -0.341 e. The van der Waals surface area contributed by atoms with Crippen LogP contribution in [0.1, 0.15) is 32.6 Å². The van der Waals surface area contributed by atoms with Gasteiger partial charge in [-0.2, -0.15) is 0 Å². The number of rotatable bonds is 5. The van der Waals surface area contributed by atoms with Crippen LogP contribution in [0.2, 0.25) is 0 Å². The summed E-state index contributed by atoms with van der Waals surface area (Å²) in [6.07, 6.45) is 3.88. The molecule has 0 spiro atoms. The second-order valence-corrected chi connectivity index (χ2v) is 6.95. The maximum absolute atomic E-state index is 12.8. The molecule has 2 aliphatic rings. The predicted molar refractivity (Wildman–Crippen MR) is 90.0 cm³/mol. The van der Waals surface area contributed by atoms with Gasteiger partial charge >= 0.3 is 6.03 Å². The molecule has 0 radical (unpaired) electrons. The number of hydrogen-bond donors (Lipinski definition) is 2. The van der Waals surface area contributed by atoms with Gasteiger partial charge in [-0.15, -0.1) is 0 Å². The van der Waals surface area contributed by atoms with E-state index < -0.39 is 0 Å². The highest BCUT2D eigenvalue weighted by molar-refractivity contribution is 5.89. The van der Waals surface area contributed by atoms with Crippen LogP contribution in [0.5, 0.6) is 0 Å². The molecule has 1 aromatic rings. The van der Waals surface area contributed by atoms with Crippen molar-refractivity contribution in [3.05, 3.63) is 30.1 Å². The van der Waals surface area contributed by atoms with Gasteiger partial charge < -0.3 is 15.5 Å². The van der Waals surface area contributed by atoms with Gasteiger partial charge in [0.15, 0.2) is 0 Å². The SMILES string of the molecule is CC(CC(=O)N1CCC(NC(=O)Nc2ccc(F)cc2)C1)C1CC1. The molecule has 1 saturated heterocycles. The Morgan fingerprint density at radius 3 is 2.62 bits per heavy atom. The number of nitrogens with zero attached hydrogens (tertiary/aromatic N) is 1. The quantitative estimate of drug-likeness (QED) is 0.870. The van der Waals surface area contributed by atoms with Gasteiger partial charge in [-0.1, -0.05) is 6.92 Å². The minimum atomic E-state index is -0.341. The van der Waals surface area contributed by atoms with Crippen molar-refractivity contribution in [3.8, 4) is 0 Å². The molecule has 130 valence electrons. The summed E-state index contributed by atoms with van der Waals surface area (Å²) >= 11 is 0. The van der Waals surface area contributed by atoms with E-state index in [-0.39, 0.29) is 23.8 Å². The second kappa shape index (κ2) is 7.20. The fourth-order valence-electron chi connectivity index (χ4n) is 3.23. The summed E-state index contributed by atoms with van der Waals surface area (Å²) < 4.78 is 12.8. The monoisotopic (exact) mass is 333 g/mol. The summed E-state index contributed by atoms with van der Waals surface area (Å²) in [5.74, 6) is 1.04. The van der Waals surface area contributed by atoms with Crippen molar-refractivity contribution in [1.29, 1.82) is 0 Å². The van der Waals surface area contributed by atoms with Gasteiger partial charge in [-0.25, -0.2) is 9.18 Å². The van der Waals surface area contributed by atoms with Gasteiger partial charge in [0.05, 0.1) is 0 Å². The molecule has 1 aromatic carbocycles. The summed E-state index contributed by atoms with van der Waals surface area (Å²) in [5, 5.41) is 5.55. The number of urea groups is 1. The largest absolute Gasteiger partial charge is 0.341 e. The lowest BCUT2D eigenvalue weighted by Gasteiger charge is -2.19. The van der Waals surface area contributed by atoms with Crippen LogP contribution in [0.3, 0.4) is 0 Å². The summed E-state index contributed by atoms with van der Waals surface area (Å²) in [6.45, 7) is 3.41. The number of benzene rings is 1. The number of nitrogens with one attached hydrogen (secondary N) is 2. The molecule has 2 unspecified atom stereocenters. The maximum atomic E-state index is 12.8. The lowest BCUT2D eigenvalue weighted by atomic mass is 10.0. The second-order valence-electron chi connectivity index (χ2n) is 6.95. The number of carbonyl (C=O) groups is 2. The zero-order valence-electron chi connectivity index (χ0n) is 13.9. The standard InChI is InChI=1S/C18H24FN3O2/c1-12(13-2-3-13)10-17(23)22-9-8-16(11-22)21-18(24)20-15-6-4-14(19)5-7-15/h4-7,12-13,16H,2-3,8-11H2,1H3,(H2,20,21,24). The van der Waals surface area contributed by atoms with Gasteiger partial charge in [0, 0.05) is 31.2 Å². The van der Waals surface area contributed by atoms with E-state index >= 15 is 0 Å². The Labute approximate surface area is 141 Å². The van der Waals surface area contributed by atoms with Crippen LogP contribution in [0, 0.1) is 17.7 Å². The van der Waals surface area contributed by atoms with Crippen LogP contribution in [0.25, 0.3) is 0 Å². The third-order valence-corrected chi connectivity index (χ3v) is 4.90. The molecule has 3 rings (SSSR count). The van der Waals surface area contributed by atoms with Gasteiger partial charge in [-0.3, -0.25) is 4.79 Å². The van der Waals surface area contributed by atoms with E-state index in [0.29, 0.717) is 31.1 Å². The number of amides is 3. The summed E-state index contributed by atoms with van der Waals surface area (Å²) in [7, 11) is 0. The van der Waals surface area contributed by atoms with Crippen molar-refractivity contribution < 1.29 is 14.0 Å². The molecule has 2 fully saturated rings. The van der Waals surface area contributed by atoms with Crippen LogP contribution in [0.15, 0.2) is 24.3 Å². The van der Waals surface area contributed by atoms with Crippen molar-refractivity contribution >= 4 is 17.6 Å². The zero-order chi connectivity index (χ0) is 17.1. The number of likely N-dealkylation sites (tertiary alicyclic amines) is 1. The molecule has 2 N–H and O–H groups in total. The van der Waals surface area contributed by atoms with E-state index in [1.54, 1.807) is 0 Å². The zero-order valence-corrected chi connectivity index (χ0v) is 13.9. The third kappa shape index (κ3) is 4.46. The highest BCUT2D eigenvalue weighted by Gasteiger charge is 2.32. The topological polar surface area (TPSA) is 61.4 Å². The Kier molecular flexibility index (Phi) is 5.02. The lowest BCUT2D eigenvalue weighted by Crippen LogP contribution is -2.40. The smallest absolute Gasteiger partial charge is 0.319 e. The molecular formula is C18H24FN3O2. The van der Waals surface area contributed by atoms with Crippen LogP contribution in [0.4, 0.5) is 14.9 Å². The minimum absolute atomic E-state index is 0.0365. The Morgan fingerprint density at radius 1 is 1.25 bits per heavy atom. The molecule has 1 aliphatic carbocycles. The summed E-state index contributed by atoms with van der Waals surface area (Å²) in [5.41, 5.74) is 0.540. The van der Waals surface area contributed by atoms with Crippen molar-refractivity contribution in [2.75, 3.05) is 18.4 Å². The van der Waals surface area contributed by atoms with Crippen LogP contribution in [-0.2, 0) is 4.79 Å². The van der Waals surface area contributed by atoms with Crippen LogP contribution >= 0.6 is 0 Å². The molecular weight excluding hydrogens is 309 g/mol. The molecule has 3 amide bonds. The van der Waals surface area contributed by atoms with Crippen molar-refractivity contribution in [3.63, 3.8) is 0 Å². The molecule has 5 nitrogen and oxygen atoms in total. The average Bonchev–Trinajstić information content (AvgIpc) is 3.30. The van der Waals surface area contributed by atoms with E-state index in [0.717, 1.165) is 12.3 Å². The highest BCUT2D eigenvalue weighted by Crippen LogP contribution is 2.38. The molecule has 6 heteroatoms. The molecule has 2 atom stereocenters. The van der Waals surface area contributed by atoms with Gasteiger partial charge in [-0.05, 0) is 55.4 Å². The number of halogens is 1. The number of anilines is 1. The van der Waals surface area contributed by atoms with Gasteiger partial charge in [0.2, 0.25) is 5.91 Å². The highest BCUT2D eigenvalue weighted by atomic mass is 19.1. The Hall–Kier alpha value is -2.11. The van der Waals surface area contributed by atoms with E-state index in [9.17, 15) is 14.0 Å². The van der Waals surface area contributed by atoms with Gasteiger partial charge in [0.25, 0.3) is 0 Å². The molecule has 0 bridgehead atoms. The van der Waals surface area contributed by atoms with Gasteiger partial charge in [0.1, 0.15) is 5.82 Å². The molecule has 1 aliphatic heterocycles. The number of hydrogen-bond acceptors (Lipinski definition) is 2. The Morgan fingerprint density at radius 2 is 1.96 bits per heavy atom. The predicted octanol–water partition coefficient (Wildman–Crippen LogP) is 2.98. The molecule has 0 aromatic heterocycles.